The average Bonchev–Trinajstić information content (AvgIpc) is 3.10. The van der Waals surface area contributed by atoms with Crippen LogP contribution >= 0.6 is 0 Å². The minimum atomic E-state index is 0.303. The van der Waals surface area contributed by atoms with Crippen LogP contribution in [0.1, 0.15) is 31.2 Å². The number of hydrogen-bond acceptors (Lipinski definition) is 5. The maximum Gasteiger partial charge on any atom is 0.203 e. The second kappa shape index (κ2) is 7.88. The monoisotopic (exact) mass is 320 g/mol. The summed E-state index contributed by atoms with van der Waals surface area (Å²) < 4.78 is 17.4. The van der Waals surface area contributed by atoms with Crippen molar-refractivity contribution in [2.24, 2.45) is 0 Å². The van der Waals surface area contributed by atoms with E-state index in [0.29, 0.717) is 6.10 Å². The van der Waals surface area contributed by atoms with E-state index < -0.39 is 0 Å². The lowest BCUT2D eigenvalue weighted by Gasteiger charge is -2.29. The van der Waals surface area contributed by atoms with Crippen LogP contribution in [0.2, 0.25) is 0 Å². The maximum absolute atomic E-state index is 6.37. The molecule has 0 radical (unpaired) electrons. The second-order valence-electron chi connectivity index (χ2n) is 6.34. The first-order chi connectivity index (χ1) is 11.3. The van der Waals surface area contributed by atoms with Crippen LogP contribution in [0.15, 0.2) is 12.1 Å². The van der Waals surface area contributed by atoms with Crippen molar-refractivity contribution in [2.45, 2.75) is 38.3 Å². The largest absolute Gasteiger partial charge is 0.493 e. The van der Waals surface area contributed by atoms with E-state index >= 15 is 0 Å². The molecule has 0 spiro atoms. The van der Waals surface area contributed by atoms with Crippen molar-refractivity contribution in [3.05, 3.63) is 17.7 Å². The van der Waals surface area contributed by atoms with Gasteiger partial charge >= 0.3 is 0 Å². The molecule has 5 nitrogen and oxygen atoms in total. The molecule has 0 atom stereocenters. The van der Waals surface area contributed by atoms with Gasteiger partial charge in [-0.15, -0.1) is 0 Å². The molecular weight excluding hydrogens is 292 g/mol. The van der Waals surface area contributed by atoms with Gasteiger partial charge in [0.25, 0.3) is 0 Å². The Hall–Kier alpha value is -1.46. The Morgan fingerprint density at radius 3 is 2.43 bits per heavy atom. The Balaban J connectivity index is 1.85. The van der Waals surface area contributed by atoms with Crippen LogP contribution in [0.4, 0.5) is 0 Å². The molecule has 0 aromatic heterocycles. The predicted octanol–water partition coefficient (Wildman–Crippen LogP) is 2.43. The molecule has 1 saturated carbocycles. The number of piperazine rings is 1. The van der Waals surface area contributed by atoms with Gasteiger partial charge < -0.3 is 19.5 Å². The molecule has 3 rings (SSSR count). The summed E-state index contributed by atoms with van der Waals surface area (Å²) in [5, 5.41) is 3.40. The summed E-state index contributed by atoms with van der Waals surface area (Å²) in [4.78, 5) is 2.46. The lowest BCUT2D eigenvalue weighted by Crippen LogP contribution is -2.42. The second-order valence-corrected chi connectivity index (χ2v) is 6.34. The lowest BCUT2D eigenvalue weighted by molar-refractivity contribution is 0.187. The highest BCUT2D eigenvalue weighted by molar-refractivity contribution is 5.56. The molecule has 1 aromatic carbocycles. The summed E-state index contributed by atoms with van der Waals surface area (Å²) in [7, 11) is 3.36. The zero-order valence-electron chi connectivity index (χ0n) is 14.3. The summed E-state index contributed by atoms with van der Waals surface area (Å²) in [6, 6.07) is 4.10. The van der Waals surface area contributed by atoms with Gasteiger partial charge in [-0.1, -0.05) is 6.07 Å². The van der Waals surface area contributed by atoms with Gasteiger partial charge in [-0.2, -0.15) is 0 Å². The fraction of sp³-hybridized carbons (Fsp3) is 0.667. The van der Waals surface area contributed by atoms with Gasteiger partial charge in [0.15, 0.2) is 11.5 Å². The van der Waals surface area contributed by atoms with Gasteiger partial charge in [-0.05, 0) is 31.7 Å². The smallest absolute Gasteiger partial charge is 0.203 e. The topological polar surface area (TPSA) is 43.0 Å². The van der Waals surface area contributed by atoms with Crippen LogP contribution in [0.5, 0.6) is 17.2 Å². The summed E-state index contributed by atoms with van der Waals surface area (Å²) in [5.74, 6) is 2.34. The molecular formula is C18H28N2O3. The van der Waals surface area contributed by atoms with Crippen molar-refractivity contribution in [3.63, 3.8) is 0 Å². The molecule has 2 fully saturated rings. The first-order valence-corrected chi connectivity index (χ1v) is 8.65. The third kappa shape index (κ3) is 3.90. The Kier molecular flexibility index (Phi) is 5.62. The lowest BCUT2D eigenvalue weighted by atomic mass is 10.1. The van der Waals surface area contributed by atoms with Crippen molar-refractivity contribution in [1.29, 1.82) is 0 Å². The molecule has 0 amide bonds. The molecule has 5 heteroatoms. The minimum absolute atomic E-state index is 0.303. The fourth-order valence-corrected chi connectivity index (χ4v) is 3.48. The van der Waals surface area contributed by atoms with E-state index in [9.17, 15) is 0 Å². The Bertz CT molecular complexity index is 509. The van der Waals surface area contributed by atoms with Gasteiger partial charge in [0.05, 0.1) is 20.3 Å². The maximum atomic E-state index is 6.37. The number of ether oxygens (including phenoxy) is 3. The molecule has 1 aliphatic heterocycles. The number of nitrogens with one attached hydrogen (secondary N) is 1. The third-order valence-electron chi connectivity index (χ3n) is 4.77. The summed E-state index contributed by atoms with van der Waals surface area (Å²) in [6.45, 7) is 5.12. The highest BCUT2D eigenvalue weighted by Crippen LogP contribution is 2.42. The van der Waals surface area contributed by atoms with Crippen LogP contribution in [-0.2, 0) is 6.54 Å². The number of hydrogen-bond donors (Lipinski definition) is 1. The van der Waals surface area contributed by atoms with E-state index in [4.69, 9.17) is 14.2 Å². The fourth-order valence-electron chi connectivity index (χ4n) is 3.48. The van der Waals surface area contributed by atoms with Crippen LogP contribution in [0.25, 0.3) is 0 Å². The normalized spacial score (nSPS) is 19.7. The Morgan fingerprint density at radius 1 is 1.04 bits per heavy atom. The highest BCUT2D eigenvalue weighted by Gasteiger charge is 2.24. The van der Waals surface area contributed by atoms with Gasteiger partial charge in [-0.3, -0.25) is 4.90 Å². The predicted molar refractivity (Wildman–Crippen MR) is 90.6 cm³/mol. The van der Waals surface area contributed by atoms with E-state index in [-0.39, 0.29) is 0 Å². The first kappa shape index (κ1) is 16.4. The summed E-state index contributed by atoms with van der Waals surface area (Å²) in [5.41, 5.74) is 1.19. The quantitative estimate of drug-likeness (QED) is 0.872. The molecule has 0 unspecified atom stereocenters. The summed E-state index contributed by atoms with van der Waals surface area (Å²) >= 11 is 0. The zero-order chi connectivity index (χ0) is 16.1. The molecule has 1 saturated heterocycles. The molecule has 1 N–H and O–H groups in total. The molecule has 1 aliphatic carbocycles. The van der Waals surface area contributed by atoms with Crippen molar-refractivity contribution in [3.8, 4) is 17.2 Å². The first-order valence-electron chi connectivity index (χ1n) is 8.65. The van der Waals surface area contributed by atoms with Crippen molar-refractivity contribution < 1.29 is 14.2 Å². The van der Waals surface area contributed by atoms with E-state index in [1.54, 1.807) is 14.2 Å². The van der Waals surface area contributed by atoms with Gasteiger partial charge in [0, 0.05) is 38.3 Å². The van der Waals surface area contributed by atoms with Gasteiger partial charge in [-0.25, -0.2) is 0 Å². The number of rotatable bonds is 6. The Morgan fingerprint density at radius 2 is 1.78 bits per heavy atom. The zero-order valence-corrected chi connectivity index (χ0v) is 14.3. The van der Waals surface area contributed by atoms with E-state index in [0.717, 1.165) is 62.8 Å². The Labute approximate surface area is 138 Å². The van der Waals surface area contributed by atoms with E-state index in [1.807, 2.05) is 6.07 Å². The average molecular weight is 320 g/mol. The third-order valence-corrected chi connectivity index (χ3v) is 4.77. The summed E-state index contributed by atoms with van der Waals surface area (Å²) in [6.07, 6.45) is 5.08. The van der Waals surface area contributed by atoms with Crippen molar-refractivity contribution in [2.75, 3.05) is 40.4 Å². The molecule has 0 bridgehead atoms. The standard InChI is InChI=1S/C18H28N2O3/c1-21-16-8-7-14(13-20-11-9-19-10-12-20)17(18(16)22-2)23-15-5-3-4-6-15/h7-8,15,19H,3-6,9-13H2,1-2H3. The molecule has 23 heavy (non-hydrogen) atoms. The SMILES string of the molecule is COc1ccc(CN2CCNCC2)c(OC2CCCC2)c1OC. The van der Waals surface area contributed by atoms with Crippen LogP contribution in [0, 0.1) is 0 Å². The minimum Gasteiger partial charge on any atom is -0.493 e. The molecule has 1 heterocycles. The van der Waals surface area contributed by atoms with Gasteiger partial charge in [0.2, 0.25) is 5.75 Å². The van der Waals surface area contributed by atoms with Crippen LogP contribution in [-0.4, -0.2) is 51.4 Å². The highest BCUT2D eigenvalue weighted by atomic mass is 16.5. The van der Waals surface area contributed by atoms with Crippen LogP contribution < -0.4 is 19.5 Å². The molecule has 1 aromatic rings. The molecule has 128 valence electrons. The van der Waals surface area contributed by atoms with Gasteiger partial charge in [0.1, 0.15) is 0 Å². The van der Waals surface area contributed by atoms with E-state index in [2.05, 4.69) is 16.3 Å². The van der Waals surface area contributed by atoms with Crippen molar-refractivity contribution in [1.82, 2.24) is 10.2 Å². The van der Waals surface area contributed by atoms with E-state index in [1.165, 1.54) is 18.4 Å². The number of benzene rings is 1. The number of nitrogens with zero attached hydrogens (tertiary/aromatic N) is 1. The van der Waals surface area contributed by atoms with Crippen LogP contribution in [0.3, 0.4) is 0 Å². The molecule has 2 aliphatic rings. The number of methoxy groups -OCH3 is 2. The van der Waals surface area contributed by atoms with Crippen molar-refractivity contribution >= 4 is 0 Å².